The highest BCUT2D eigenvalue weighted by Gasteiger charge is 2.31. The molecule has 1 heterocycles. The number of aldehydes is 1. The molecule has 86 valence electrons. The molecular weight excluding hydrogens is 202 g/mol. The van der Waals surface area contributed by atoms with E-state index in [9.17, 15) is 9.90 Å². The SMILES string of the molecule is O=CCC1(O)CCN(c2ccccc2)CC1. The third kappa shape index (κ3) is 2.42. The van der Waals surface area contributed by atoms with Gasteiger partial charge in [0, 0.05) is 25.2 Å². The molecule has 1 aliphatic heterocycles. The van der Waals surface area contributed by atoms with E-state index in [4.69, 9.17) is 0 Å². The molecular formula is C13H17NO2. The van der Waals surface area contributed by atoms with Gasteiger partial charge in [0.2, 0.25) is 0 Å². The quantitative estimate of drug-likeness (QED) is 0.785. The largest absolute Gasteiger partial charge is 0.389 e. The summed E-state index contributed by atoms with van der Waals surface area (Å²) in [6.45, 7) is 1.63. The predicted octanol–water partition coefficient (Wildman–Crippen LogP) is 1.61. The first-order chi connectivity index (χ1) is 7.73. The van der Waals surface area contributed by atoms with Crippen molar-refractivity contribution in [1.82, 2.24) is 0 Å². The molecule has 0 bridgehead atoms. The summed E-state index contributed by atoms with van der Waals surface area (Å²) in [4.78, 5) is 12.7. The molecule has 1 N–H and O–H groups in total. The van der Waals surface area contributed by atoms with Crippen LogP contribution in [-0.2, 0) is 4.79 Å². The second-order valence-corrected chi connectivity index (χ2v) is 4.42. The van der Waals surface area contributed by atoms with E-state index in [-0.39, 0.29) is 6.42 Å². The van der Waals surface area contributed by atoms with Crippen LogP contribution in [0.4, 0.5) is 5.69 Å². The van der Waals surface area contributed by atoms with E-state index in [0.29, 0.717) is 12.8 Å². The van der Waals surface area contributed by atoms with E-state index in [1.807, 2.05) is 18.2 Å². The molecule has 0 atom stereocenters. The van der Waals surface area contributed by atoms with Gasteiger partial charge in [0.05, 0.1) is 5.60 Å². The molecule has 0 radical (unpaired) electrons. The van der Waals surface area contributed by atoms with Crippen molar-refractivity contribution in [1.29, 1.82) is 0 Å². The van der Waals surface area contributed by atoms with Gasteiger partial charge in [-0.25, -0.2) is 0 Å². The van der Waals surface area contributed by atoms with Gasteiger partial charge in [0.25, 0.3) is 0 Å². The molecule has 0 amide bonds. The zero-order valence-electron chi connectivity index (χ0n) is 9.30. The smallest absolute Gasteiger partial charge is 0.122 e. The molecule has 1 saturated heterocycles. The summed E-state index contributed by atoms with van der Waals surface area (Å²) < 4.78 is 0. The molecule has 1 fully saturated rings. The van der Waals surface area contributed by atoms with Crippen LogP contribution in [0, 0.1) is 0 Å². The fraction of sp³-hybridized carbons (Fsp3) is 0.462. The summed E-state index contributed by atoms with van der Waals surface area (Å²) in [6, 6.07) is 10.2. The zero-order chi connectivity index (χ0) is 11.4. The minimum absolute atomic E-state index is 0.260. The number of hydrogen-bond acceptors (Lipinski definition) is 3. The summed E-state index contributed by atoms with van der Waals surface area (Å²) in [6.07, 6.45) is 2.41. The first kappa shape index (κ1) is 11.1. The van der Waals surface area contributed by atoms with Gasteiger partial charge in [-0.15, -0.1) is 0 Å². The maximum Gasteiger partial charge on any atom is 0.122 e. The molecule has 1 aromatic carbocycles. The Morgan fingerprint density at radius 2 is 1.88 bits per heavy atom. The third-order valence-corrected chi connectivity index (χ3v) is 3.28. The number of rotatable bonds is 3. The first-order valence-corrected chi connectivity index (χ1v) is 5.69. The Balaban J connectivity index is 1.98. The van der Waals surface area contributed by atoms with E-state index >= 15 is 0 Å². The van der Waals surface area contributed by atoms with Crippen molar-refractivity contribution < 1.29 is 9.90 Å². The lowest BCUT2D eigenvalue weighted by Crippen LogP contribution is -2.44. The highest BCUT2D eigenvalue weighted by Crippen LogP contribution is 2.27. The van der Waals surface area contributed by atoms with Crippen molar-refractivity contribution in [2.24, 2.45) is 0 Å². The summed E-state index contributed by atoms with van der Waals surface area (Å²) in [7, 11) is 0. The van der Waals surface area contributed by atoms with Gasteiger partial charge < -0.3 is 14.8 Å². The number of aliphatic hydroxyl groups is 1. The highest BCUT2D eigenvalue weighted by atomic mass is 16.3. The van der Waals surface area contributed by atoms with Gasteiger partial charge in [-0.3, -0.25) is 0 Å². The van der Waals surface area contributed by atoms with Crippen molar-refractivity contribution in [3.8, 4) is 0 Å². The van der Waals surface area contributed by atoms with Crippen LogP contribution in [0.15, 0.2) is 30.3 Å². The second kappa shape index (κ2) is 4.66. The molecule has 3 nitrogen and oxygen atoms in total. The number of piperidine rings is 1. The molecule has 0 aromatic heterocycles. The van der Waals surface area contributed by atoms with Crippen molar-refractivity contribution in [2.45, 2.75) is 24.9 Å². The molecule has 0 unspecified atom stereocenters. The summed E-state index contributed by atoms with van der Waals surface area (Å²) >= 11 is 0. The van der Waals surface area contributed by atoms with Crippen LogP contribution < -0.4 is 4.90 Å². The molecule has 3 heteroatoms. The zero-order valence-corrected chi connectivity index (χ0v) is 9.30. The van der Waals surface area contributed by atoms with Gasteiger partial charge in [-0.05, 0) is 25.0 Å². The predicted molar refractivity (Wildman–Crippen MR) is 63.5 cm³/mol. The Hall–Kier alpha value is -1.35. The van der Waals surface area contributed by atoms with Crippen LogP contribution in [0.3, 0.4) is 0 Å². The van der Waals surface area contributed by atoms with Crippen LogP contribution in [-0.4, -0.2) is 30.1 Å². The standard InChI is InChI=1S/C13H17NO2/c15-11-8-13(16)6-9-14(10-7-13)12-4-2-1-3-5-12/h1-5,11,16H,6-10H2. The number of nitrogens with zero attached hydrogens (tertiary/aromatic N) is 1. The maximum atomic E-state index is 10.5. The van der Waals surface area contributed by atoms with E-state index in [1.54, 1.807) is 0 Å². The number of carbonyl (C=O) groups excluding carboxylic acids is 1. The van der Waals surface area contributed by atoms with Crippen LogP contribution in [0.2, 0.25) is 0 Å². The molecule has 0 saturated carbocycles. The topological polar surface area (TPSA) is 40.5 Å². The Labute approximate surface area is 95.7 Å². The Morgan fingerprint density at radius 3 is 2.44 bits per heavy atom. The minimum atomic E-state index is -0.771. The van der Waals surface area contributed by atoms with E-state index in [0.717, 1.165) is 19.4 Å². The summed E-state index contributed by atoms with van der Waals surface area (Å²) in [5.41, 5.74) is 0.420. The molecule has 1 aliphatic rings. The number of hydrogen-bond donors (Lipinski definition) is 1. The van der Waals surface area contributed by atoms with Crippen molar-refractivity contribution in [2.75, 3.05) is 18.0 Å². The second-order valence-electron chi connectivity index (χ2n) is 4.42. The normalized spacial score (nSPS) is 19.4. The van der Waals surface area contributed by atoms with Crippen LogP contribution in [0.1, 0.15) is 19.3 Å². The molecule has 1 aromatic rings. The average Bonchev–Trinajstić information content (AvgIpc) is 2.31. The summed E-state index contributed by atoms with van der Waals surface area (Å²) in [5.74, 6) is 0. The van der Waals surface area contributed by atoms with E-state index in [1.165, 1.54) is 5.69 Å². The van der Waals surface area contributed by atoms with E-state index < -0.39 is 5.60 Å². The fourth-order valence-electron chi connectivity index (χ4n) is 2.18. The Morgan fingerprint density at radius 1 is 1.25 bits per heavy atom. The van der Waals surface area contributed by atoms with Crippen LogP contribution in [0.5, 0.6) is 0 Å². The van der Waals surface area contributed by atoms with Gasteiger partial charge in [-0.2, -0.15) is 0 Å². The number of carbonyl (C=O) groups is 1. The minimum Gasteiger partial charge on any atom is -0.389 e. The lowest BCUT2D eigenvalue weighted by Gasteiger charge is -2.38. The van der Waals surface area contributed by atoms with Gasteiger partial charge >= 0.3 is 0 Å². The first-order valence-electron chi connectivity index (χ1n) is 5.69. The fourth-order valence-corrected chi connectivity index (χ4v) is 2.18. The third-order valence-electron chi connectivity index (χ3n) is 3.28. The Kier molecular flexibility index (Phi) is 3.25. The van der Waals surface area contributed by atoms with Gasteiger partial charge in [0.15, 0.2) is 0 Å². The maximum absolute atomic E-state index is 10.5. The van der Waals surface area contributed by atoms with Crippen LogP contribution >= 0.6 is 0 Å². The van der Waals surface area contributed by atoms with Crippen molar-refractivity contribution in [3.63, 3.8) is 0 Å². The summed E-state index contributed by atoms with van der Waals surface area (Å²) in [5, 5.41) is 10.1. The van der Waals surface area contributed by atoms with Crippen molar-refractivity contribution >= 4 is 12.0 Å². The molecule has 16 heavy (non-hydrogen) atoms. The van der Waals surface area contributed by atoms with Crippen molar-refractivity contribution in [3.05, 3.63) is 30.3 Å². The highest BCUT2D eigenvalue weighted by molar-refractivity contribution is 5.52. The molecule has 2 rings (SSSR count). The monoisotopic (exact) mass is 219 g/mol. The van der Waals surface area contributed by atoms with E-state index in [2.05, 4.69) is 17.0 Å². The lowest BCUT2D eigenvalue weighted by atomic mass is 9.88. The average molecular weight is 219 g/mol. The van der Waals surface area contributed by atoms with Gasteiger partial charge in [0.1, 0.15) is 6.29 Å². The Bertz CT molecular complexity index is 342. The lowest BCUT2D eigenvalue weighted by molar-refractivity contribution is -0.113. The molecule has 0 spiro atoms. The number of anilines is 1. The number of para-hydroxylation sites is 1. The van der Waals surface area contributed by atoms with Crippen LogP contribution in [0.25, 0.3) is 0 Å². The number of benzene rings is 1. The van der Waals surface area contributed by atoms with Gasteiger partial charge in [-0.1, -0.05) is 18.2 Å². The molecule has 0 aliphatic carbocycles.